The Kier molecular flexibility index (Phi) is 5.37. The average molecular weight is 333 g/mol. The van der Waals surface area contributed by atoms with Gasteiger partial charge < -0.3 is 14.0 Å². The Hall–Kier alpha value is -1.83. The van der Waals surface area contributed by atoms with E-state index in [9.17, 15) is 4.79 Å². The predicted octanol–water partition coefficient (Wildman–Crippen LogP) is 2.63. The van der Waals surface area contributed by atoms with E-state index in [0.29, 0.717) is 11.3 Å². The van der Waals surface area contributed by atoms with Gasteiger partial charge in [-0.05, 0) is 51.5 Å². The molecule has 1 aliphatic rings. The minimum atomic E-state index is -0.447. The number of benzene rings is 1. The zero-order valence-corrected chi connectivity index (χ0v) is 15.0. The molecule has 1 aromatic rings. The van der Waals surface area contributed by atoms with E-state index in [1.54, 1.807) is 19.2 Å². The SMILES string of the molecule is CONC(=O)c1cc(C=CB2OC(C)(C)C(C)(C)O2)cc(OC)c1. The summed E-state index contributed by atoms with van der Waals surface area (Å²) in [5.41, 5.74) is 2.74. The average Bonchev–Trinajstić information content (AvgIpc) is 2.72. The number of methoxy groups -OCH3 is 1. The number of hydroxylamine groups is 1. The highest BCUT2D eigenvalue weighted by Gasteiger charge is 2.49. The van der Waals surface area contributed by atoms with Gasteiger partial charge in [0.2, 0.25) is 0 Å². The molecule has 24 heavy (non-hydrogen) atoms. The van der Waals surface area contributed by atoms with Crippen LogP contribution in [0.1, 0.15) is 43.6 Å². The maximum Gasteiger partial charge on any atom is 0.487 e. The van der Waals surface area contributed by atoms with Crippen molar-refractivity contribution in [2.75, 3.05) is 14.2 Å². The lowest BCUT2D eigenvalue weighted by Crippen LogP contribution is -2.41. The quantitative estimate of drug-likeness (QED) is 0.663. The van der Waals surface area contributed by atoms with Crippen LogP contribution in [0.5, 0.6) is 5.75 Å². The van der Waals surface area contributed by atoms with E-state index in [2.05, 4.69) is 10.3 Å². The van der Waals surface area contributed by atoms with E-state index < -0.39 is 7.12 Å². The van der Waals surface area contributed by atoms with Crippen LogP contribution >= 0.6 is 0 Å². The Balaban J connectivity index is 2.20. The molecule has 2 rings (SSSR count). The van der Waals surface area contributed by atoms with Crippen LogP contribution in [-0.2, 0) is 14.1 Å². The molecule has 1 heterocycles. The highest BCUT2D eigenvalue weighted by atomic mass is 16.7. The van der Waals surface area contributed by atoms with Crippen LogP contribution in [0.2, 0.25) is 0 Å². The second kappa shape index (κ2) is 6.97. The number of hydrogen-bond acceptors (Lipinski definition) is 5. The van der Waals surface area contributed by atoms with E-state index >= 15 is 0 Å². The standard InChI is InChI=1S/C17H24BNO5/c1-16(2)17(3,4)24-18(23-16)8-7-12-9-13(15(20)19-22-6)11-14(10-12)21-5/h7-11H,1-6H3,(H,19,20). The zero-order chi connectivity index (χ0) is 18.0. The van der Waals surface area contributed by atoms with Crippen molar-refractivity contribution in [3.63, 3.8) is 0 Å². The molecule has 1 aliphatic heterocycles. The highest BCUT2D eigenvalue weighted by Crippen LogP contribution is 2.37. The van der Waals surface area contributed by atoms with Gasteiger partial charge in [-0.3, -0.25) is 9.63 Å². The number of carbonyl (C=O) groups excluding carboxylic acids is 1. The third-order valence-electron chi connectivity index (χ3n) is 4.34. The molecule has 1 N–H and O–H groups in total. The summed E-state index contributed by atoms with van der Waals surface area (Å²) in [5, 5.41) is 0. The first kappa shape index (κ1) is 18.5. The summed E-state index contributed by atoms with van der Waals surface area (Å²) < 4.78 is 17.1. The van der Waals surface area contributed by atoms with Crippen molar-refractivity contribution < 1.29 is 23.7 Å². The van der Waals surface area contributed by atoms with Crippen molar-refractivity contribution in [2.45, 2.75) is 38.9 Å². The van der Waals surface area contributed by atoms with Gasteiger partial charge in [-0.15, -0.1) is 0 Å². The number of amides is 1. The van der Waals surface area contributed by atoms with Crippen molar-refractivity contribution in [1.82, 2.24) is 5.48 Å². The Morgan fingerprint density at radius 2 is 1.75 bits per heavy atom. The van der Waals surface area contributed by atoms with Crippen LogP contribution in [0.4, 0.5) is 0 Å². The van der Waals surface area contributed by atoms with Crippen LogP contribution in [0.3, 0.4) is 0 Å². The lowest BCUT2D eigenvalue weighted by atomic mass is 9.89. The Morgan fingerprint density at radius 3 is 2.29 bits per heavy atom. The maximum absolute atomic E-state index is 11.9. The normalized spacial score (nSPS) is 18.8. The van der Waals surface area contributed by atoms with Gasteiger partial charge >= 0.3 is 7.12 Å². The van der Waals surface area contributed by atoms with Crippen LogP contribution in [0.15, 0.2) is 24.2 Å². The molecule has 0 unspecified atom stereocenters. The van der Waals surface area contributed by atoms with Gasteiger partial charge in [0.1, 0.15) is 5.75 Å². The number of ether oxygens (including phenoxy) is 1. The van der Waals surface area contributed by atoms with Gasteiger partial charge in [-0.1, -0.05) is 12.1 Å². The summed E-state index contributed by atoms with van der Waals surface area (Å²) >= 11 is 0. The molecule has 0 aromatic heterocycles. The molecule has 0 atom stereocenters. The topological polar surface area (TPSA) is 66.0 Å². The summed E-state index contributed by atoms with van der Waals surface area (Å²) in [4.78, 5) is 16.6. The van der Waals surface area contributed by atoms with Gasteiger partial charge in [0.25, 0.3) is 5.91 Å². The fraction of sp³-hybridized carbons (Fsp3) is 0.471. The summed E-state index contributed by atoms with van der Waals surface area (Å²) in [6, 6.07) is 5.20. The van der Waals surface area contributed by atoms with Crippen molar-refractivity contribution in [3.8, 4) is 5.75 Å². The van der Waals surface area contributed by atoms with Crippen LogP contribution < -0.4 is 10.2 Å². The molecule has 0 saturated carbocycles. The Labute approximate surface area is 143 Å². The van der Waals surface area contributed by atoms with Crippen LogP contribution in [0.25, 0.3) is 6.08 Å². The molecule has 1 fully saturated rings. The second-order valence-corrected chi connectivity index (χ2v) is 6.61. The lowest BCUT2D eigenvalue weighted by Gasteiger charge is -2.32. The molecular formula is C17H24BNO5. The van der Waals surface area contributed by atoms with Gasteiger partial charge in [0, 0.05) is 5.56 Å². The smallest absolute Gasteiger partial charge is 0.487 e. The summed E-state index contributed by atoms with van der Waals surface area (Å²) in [6.07, 6.45) is 1.84. The van der Waals surface area contributed by atoms with E-state index in [1.807, 2.05) is 45.8 Å². The minimum absolute atomic E-state index is 0.346. The Morgan fingerprint density at radius 1 is 1.12 bits per heavy atom. The molecule has 6 nitrogen and oxygen atoms in total. The summed E-state index contributed by atoms with van der Waals surface area (Å²) in [7, 11) is 2.49. The van der Waals surface area contributed by atoms with Gasteiger partial charge in [-0.2, -0.15) is 0 Å². The molecule has 1 aromatic carbocycles. The third-order valence-corrected chi connectivity index (χ3v) is 4.34. The fourth-order valence-electron chi connectivity index (χ4n) is 2.28. The minimum Gasteiger partial charge on any atom is -0.497 e. The van der Waals surface area contributed by atoms with Gasteiger partial charge in [-0.25, -0.2) is 5.48 Å². The van der Waals surface area contributed by atoms with Crippen LogP contribution in [-0.4, -0.2) is 38.4 Å². The first-order chi connectivity index (χ1) is 11.2. The molecule has 0 spiro atoms. The lowest BCUT2D eigenvalue weighted by molar-refractivity contribution is 0.00578. The second-order valence-electron chi connectivity index (χ2n) is 6.61. The zero-order valence-electron chi connectivity index (χ0n) is 15.0. The number of hydrogen-bond donors (Lipinski definition) is 1. The third kappa shape index (κ3) is 3.98. The summed E-state index contributed by atoms with van der Waals surface area (Å²) in [6.45, 7) is 8.00. The molecule has 1 saturated heterocycles. The first-order valence-corrected chi connectivity index (χ1v) is 7.75. The molecule has 130 valence electrons. The summed E-state index contributed by atoms with van der Waals surface area (Å²) in [5.74, 6) is 2.05. The van der Waals surface area contributed by atoms with Crippen molar-refractivity contribution in [3.05, 3.63) is 35.3 Å². The maximum atomic E-state index is 11.9. The fourth-order valence-corrected chi connectivity index (χ4v) is 2.28. The molecular weight excluding hydrogens is 309 g/mol. The molecule has 7 heteroatoms. The van der Waals surface area contributed by atoms with E-state index in [-0.39, 0.29) is 17.1 Å². The van der Waals surface area contributed by atoms with Gasteiger partial charge in [0.05, 0.1) is 25.4 Å². The largest absolute Gasteiger partial charge is 0.497 e. The van der Waals surface area contributed by atoms with E-state index in [0.717, 1.165) is 5.56 Å². The number of nitrogens with one attached hydrogen (secondary N) is 1. The highest BCUT2D eigenvalue weighted by molar-refractivity contribution is 6.52. The molecule has 0 aliphatic carbocycles. The van der Waals surface area contributed by atoms with E-state index in [4.69, 9.17) is 14.0 Å². The molecule has 1 amide bonds. The number of carbonyl (C=O) groups is 1. The van der Waals surface area contributed by atoms with Crippen molar-refractivity contribution >= 4 is 19.1 Å². The van der Waals surface area contributed by atoms with Crippen molar-refractivity contribution in [2.24, 2.45) is 0 Å². The first-order valence-electron chi connectivity index (χ1n) is 7.75. The van der Waals surface area contributed by atoms with E-state index in [1.165, 1.54) is 7.11 Å². The Bertz CT molecular complexity index is 626. The molecule has 0 radical (unpaired) electrons. The van der Waals surface area contributed by atoms with Crippen molar-refractivity contribution in [1.29, 1.82) is 0 Å². The molecule has 0 bridgehead atoms. The monoisotopic (exact) mass is 333 g/mol. The predicted molar refractivity (Wildman–Crippen MR) is 92.6 cm³/mol. The number of rotatable bonds is 5. The van der Waals surface area contributed by atoms with Gasteiger partial charge in [0.15, 0.2) is 0 Å². The van der Waals surface area contributed by atoms with Crippen LogP contribution in [0, 0.1) is 0 Å².